The van der Waals surface area contributed by atoms with E-state index < -0.39 is 6.04 Å². The molecule has 19 heavy (non-hydrogen) atoms. The molecule has 4 rings (SSSR count). The van der Waals surface area contributed by atoms with Gasteiger partial charge in [-0.25, -0.2) is 0 Å². The molecule has 3 unspecified atom stereocenters. The van der Waals surface area contributed by atoms with Crippen LogP contribution in [-0.4, -0.2) is 28.8 Å². The number of hydrogen-bond acceptors (Lipinski definition) is 2. The SMILES string of the molecule is O=C1NC2CCCCC2N2C(=O)c3ccccc3C12. The lowest BCUT2D eigenvalue weighted by Crippen LogP contribution is -2.62. The van der Waals surface area contributed by atoms with Gasteiger partial charge in [-0.2, -0.15) is 0 Å². The first kappa shape index (κ1) is 11.0. The average Bonchev–Trinajstić information content (AvgIpc) is 2.74. The lowest BCUT2D eigenvalue weighted by atomic mass is 9.86. The van der Waals surface area contributed by atoms with Crippen LogP contribution in [0.2, 0.25) is 0 Å². The van der Waals surface area contributed by atoms with E-state index in [9.17, 15) is 9.59 Å². The van der Waals surface area contributed by atoms with Crippen LogP contribution in [0, 0.1) is 0 Å². The maximum absolute atomic E-state index is 12.6. The summed E-state index contributed by atoms with van der Waals surface area (Å²) >= 11 is 0. The van der Waals surface area contributed by atoms with E-state index in [4.69, 9.17) is 0 Å². The Morgan fingerprint density at radius 2 is 1.89 bits per heavy atom. The van der Waals surface area contributed by atoms with Crippen LogP contribution < -0.4 is 5.32 Å². The van der Waals surface area contributed by atoms with Gasteiger partial charge in [0.05, 0.1) is 6.04 Å². The molecule has 2 aliphatic heterocycles. The summed E-state index contributed by atoms with van der Waals surface area (Å²) in [6, 6.07) is 7.43. The molecule has 4 heteroatoms. The Kier molecular flexibility index (Phi) is 2.22. The van der Waals surface area contributed by atoms with Gasteiger partial charge in [0, 0.05) is 11.6 Å². The number of rotatable bonds is 0. The third-order valence-electron chi connectivity index (χ3n) is 4.66. The second-order valence-corrected chi connectivity index (χ2v) is 5.67. The van der Waals surface area contributed by atoms with Crippen LogP contribution >= 0.6 is 0 Å². The topological polar surface area (TPSA) is 49.4 Å². The molecule has 1 aromatic carbocycles. The molecule has 1 N–H and O–H groups in total. The lowest BCUT2D eigenvalue weighted by molar-refractivity contribution is -0.132. The van der Waals surface area contributed by atoms with E-state index >= 15 is 0 Å². The van der Waals surface area contributed by atoms with Crippen LogP contribution in [0.3, 0.4) is 0 Å². The van der Waals surface area contributed by atoms with E-state index in [1.807, 2.05) is 29.2 Å². The number of nitrogens with one attached hydrogen (secondary N) is 1. The van der Waals surface area contributed by atoms with Crippen molar-refractivity contribution in [3.63, 3.8) is 0 Å². The summed E-state index contributed by atoms with van der Waals surface area (Å²) in [6.45, 7) is 0. The second kappa shape index (κ2) is 3.83. The summed E-state index contributed by atoms with van der Waals surface area (Å²) in [4.78, 5) is 26.8. The van der Waals surface area contributed by atoms with Gasteiger partial charge in [-0.1, -0.05) is 31.0 Å². The minimum absolute atomic E-state index is 0.0125. The zero-order valence-electron chi connectivity index (χ0n) is 10.6. The van der Waals surface area contributed by atoms with Gasteiger partial charge in [-0.3, -0.25) is 9.59 Å². The van der Waals surface area contributed by atoms with E-state index in [2.05, 4.69) is 5.32 Å². The van der Waals surface area contributed by atoms with Crippen molar-refractivity contribution >= 4 is 11.8 Å². The first-order valence-electron chi connectivity index (χ1n) is 6.99. The number of carbonyl (C=O) groups is 2. The highest BCUT2D eigenvalue weighted by atomic mass is 16.2. The molecule has 1 aromatic rings. The van der Waals surface area contributed by atoms with Crippen molar-refractivity contribution in [2.24, 2.45) is 0 Å². The Morgan fingerprint density at radius 1 is 1.11 bits per heavy atom. The molecule has 2 fully saturated rings. The summed E-state index contributed by atoms with van der Waals surface area (Å²) < 4.78 is 0. The van der Waals surface area contributed by atoms with Crippen molar-refractivity contribution < 1.29 is 9.59 Å². The molecule has 0 spiro atoms. The van der Waals surface area contributed by atoms with Gasteiger partial charge in [-0.15, -0.1) is 0 Å². The van der Waals surface area contributed by atoms with E-state index in [1.165, 1.54) is 0 Å². The third-order valence-corrected chi connectivity index (χ3v) is 4.66. The predicted octanol–water partition coefficient (Wildman–Crippen LogP) is 1.62. The molecule has 0 bridgehead atoms. The molecule has 1 saturated carbocycles. The fraction of sp³-hybridized carbons (Fsp3) is 0.467. The van der Waals surface area contributed by atoms with Crippen LogP contribution in [0.5, 0.6) is 0 Å². The Bertz CT molecular complexity index is 569. The monoisotopic (exact) mass is 256 g/mol. The van der Waals surface area contributed by atoms with Gasteiger partial charge in [0.25, 0.3) is 5.91 Å². The fourth-order valence-corrected chi connectivity index (χ4v) is 3.82. The fourth-order valence-electron chi connectivity index (χ4n) is 3.82. The quantitative estimate of drug-likeness (QED) is 0.767. The molecular weight excluding hydrogens is 240 g/mol. The lowest BCUT2D eigenvalue weighted by Gasteiger charge is -2.45. The molecule has 0 radical (unpaired) electrons. The molecule has 4 nitrogen and oxygen atoms in total. The van der Waals surface area contributed by atoms with Gasteiger partial charge < -0.3 is 10.2 Å². The first-order chi connectivity index (χ1) is 9.27. The third kappa shape index (κ3) is 1.40. The van der Waals surface area contributed by atoms with Crippen molar-refractivity contribution in [1.29, 1.82) is 0 Å². The van der Waals surface area contributed by atoms with Crippen LogP contribution in [0.25, 0.3) is 0 Å². The highest BCUT2D eigenvalue weighted by Crippen LogP contribution is 2.41. The summed E-state index contributed by atoms with van der Waals surface area (Å²) in [5.41, 5.74) is 1.57. The smallest absolute Gasteiger partial charge is 0.255 e. The van der Waals surface area contributed by atoms with E-state index in [0.717, 1.165) is 31.2 Å². The van der Waals surface area contributed by atoms with E-state index in [0.29, 0.717) is 5.56 Å². The van der Waals surface area contributed by atoms with E-state index in [-0.39, 0.29) is 23.9 Å². The number of nitrogens with zero attached hydrogens (tertiary/aromatic N) is 1. The average molecular weight is 256 g/mol. The highest BCUT2D eigenvalue weighted by molar-refractivity contribution is 6.05. The standard InChI is InChI=1S/C15H16N2O2/c18-14-13-9-5-1-2-6-10(9)15(19)17(13)12-8-4-3-7-11(12)16-14/h1-2,5-6,11-13H,3-4,7-8H2,(H,16,18). The zero-order chi connectivity index (χ0) is 13.0. The summed E-state index contributed by atoms with van der Waals surface area (Å²) in [7, 11) is 0. The molecular formula is C15H16N2O2. The minimum Gasteiger partial charge on any atom is -0.349 e. The van der Waals surface area contributed by atoms with Crippen LogP contribution in [0.15, 0.2) is 24.3 Å². The molecule has 0 aromatic heterocycles. The van der Waals surface area contributed by atoms with Crippen molar-refractivity contribution in [3.05, 3.63) is 35.4 Å². The molecule has 1 aliphatic carbocycles. The van der Waals surface area contributed by atoms with Crippen molar-refractivity contribution in [2.75, 3.05) is 0 Å². The van der Waals surface area contributed by atoms with Crippen LogP contribution in [0.1, 0.15) is 47.6 Å². The summed E-state index contributed by atoms with van der Waals surface area (Å²) in [5.74, 6) is 0.0220. The van der Waals surface area contributed by atoms with Crippen LogP contribution in [0.4, 0.5) is 0 Å². The maximum Gasteiger partial charge on any atom is 0.255 e. The van der Waals surface area contributed by atoms with Crippen molar-refractivity contribution in [1.82, 2.24) is 10.2 Å². The molecule has 1 saturated heterocycles. The van der Waals surface area contributed by atoms with Crippen LogP contribution in [-0.2, 0) is 4.79 Å². The number of piperazine rings is 1. The normalized spacial score (nSPS) is 32.4. The number of amides is 2. The van der Waals surface area contributed by atoms with Gasteiger partial charge in [0.15, 0.2) is 0 Å². The Hall–Kier alpha value is -1.84. The maximum atomic E-state index is 12.6. The van der Waals surface area contributed by atoms with Gasteiger partial charge in [0.2, 0.25) is 5.91 Å². The van der Waals surface area contributed by atoms with Crippen molar-refractivity contribution in [3.8, 4) is 0 Å². The molecule has 2 heterocycles. The van der Waals surface area contributed by atoms with Crippen molar-refractivity contribution in [2.45, 2.75) is 43.8 Å². The van der Waals surface area contributed by atoms with Gasteiger partial charge >= 0.3 is 0 Å². The van der Waals surface area contributed by atoms with Gasteiger partial charge in [0.1, 0.15) is 6.04 Å². The number of fused-ring (bicyclic) bond motifs is 5. The number of benzene rings is 1. The Balaban J connectivity index is 1.82. The number of hydrogen-bond donors (Lipinski definition) is 1. The Labute approximate surface area is 111 Å². The van der Waals surface area contributed by atoms with E-state index in [1.54, 1.807) is 0 Å². The zero-order valence-corrected chi connectivity index (χ0v) is 10.6. The summed E-state index contributed by atoms with van der Waals surface area (Å²) in [5, 5.41) is 3.12. The molecule has 98 valence electrons. The molecule has 3 aliphatic rings. The number of carbonyl (C=O) groups excluding carboxylic acids is 2. The first-order valence-corrected chi connectivity index (χ1v) is 6.99. The molecule has 2 amide bonds. The predicted molar refractivity (Wildman–Crippen MR) is 69.5 cm³/mol. The largest absolute Gasteiger partial charge is 0.349 e. The summed E-state index contributed by atoms with van der Waals surface area (Å²) in [6.07, 6.45) is 4.27. The second-order valence-electron chi connectivity index (χ2n) is 5.67. The molecule has 3 atom stereocenters. The minimum atomic E-state index is -0.400. The van der Waals surface area contributed by atoms with Gasteiger partial charge in [-0.05, 0) is 24.5 Å². The Morgan fingerprint density at radius 3 is 2.79 bits per heavy atom. The highest BCUT2D eigenvalue weighted by Gasteiger charge is 2.50.